The molecule has 1 unspecified atom stereocenters. The molecule has 0 amide bonds. The van der Waals surface area contributed by atoms with E-state index >= 15 is 0 Å². The van der Waals surface area contributed by atoms with E-state index in [1.165, 1.54) is 16.7 Å². The number of aromatic nitrogens is 5. The van der Waals surface area contributed by atoms with Crippen molar-refractivity contribution in [2.75, 3.05) is 0 Å². The minimum Gasteiger partial charge on any atom is -0.456 e. The Morgan fingerprint density at radius 3 is 2.27 bits per heavy atom. The molecule has 49 heavy (non-hydrogen) atoms. The quantitative estimate of drug-likeness (QED) is 0.188. The van der Waals surface area contributed by atoms with Gasteiger partial charge in [-0.25, -0.2) is 0 Å². The van der Waals surface area contributed by atoms with Gasteiger partial charge in [-0.3, -0.25) is 19.9 Å². The summed E-state index contributed by atoms with van der Waals surface area (Å²) in [6.07, 6.45) is 12.2. The molecule has 3 aromatic carbocycles. The topological polar surface area (TPSA) is 82.8 Å². The summed E-state index contributed by atoms with van der Waals surface area (Å²) in [5.41, 5.74) is 13.4. The molecule has 10 aromatic rings. The first-order chi connectivity index (χ1) is 24.2. The van der Waals surface area contributed by atoms with Crippen LogP contribution in [0.3, 0.4) is 0 Å². The molecule has 7 heterocycles. The van der Waals surface area contributed by atoms with Crippen LogP contribution in [-0.4, -0.2) is 24.5 Å². The summed E-state index contributed by atoms with van der Waals surface area (Å²) in [7, 11) is 0. The van der Waals surface area contributed by atoms with Crippen molar-refractivity contribution in [1.29, 1.82) is 0 Å². The van der Waals surface area contributed by atoms with E-state index in [4.69, 9.17) is 18.8 Å². The Balaban J connectivity index is 1.14. The molecule has 0 bridgehead atoms. The number of furan rings is 2. The van der Waals surface area contributed by atoms with Crippen molar-refractivity contribution in [2.24, 2.45) is 0 Å². The molecule has 0 fully saturated rings. The van der Waals surface area contributed by atoms with Crippen molar-refractivity contribution in [3.63, 3.8) is 0 Å². The predicted molar refractivity (Wildman–Crippen MR) is 193 cm³/mol. The van der Waals surface area contributed by atoms with Gasteiger partial charge in [0.25, 0.3) is 0 Å². The highest BCUT2D eigenvalue weighted by atomic mass is 16.3. The highest BCUT2D eigenvalue weighted by Gasteiger charge is 2.30. The molecule has 11 rings (SSSR count). The maximum Gasteiger partial charge on any atom is 0.136 e. The van der Waals surface area contributed by atoms with Gasteiger partial charge in [0.1, 0.15) is 22.3 Å². The van der Waals surface area contributed by atoms with Crippen LogP contribution in [0.2, 0.25) is 0 Å². The van der Waals surface area contributed by atoms with Crippen LogP contribution in [0.1, 0.15) is 35.4 Å². The van der Waals surface area contributed by atoms with E-state index in [1.54, 1.807) is 0 Å². The van der Waals surface area contributed by atoms with Gasteiger partial charge in [-0.15, -0.1) is 0 Å². The van der Waals surface area contributed by atoms with Crippen LogP contribution in [0.25, 0.3) is 82.8 Å². The summed E-state index contributed by atoms with van der Waals surface area (Å²) in [6.45, 7) is 2.33. The maximum atomic E-state index is 6.52. The summed E-state index contributed by atoms with van der Waals surface area (Å²) >= 11 is 0. The second kappa shape index (κ2) is 9.84. The molecular weight excluding hydrogens is 606 g/mol. The Kier molecular flexibility index (Phi) is 5.36. The van der Waals surface area contributed by atoms with Crippen LogP contribution in [0.15, 0.2) is 131 Å². The van der Waals surface area contributed by atoms with Crippen LogP contribution in [0.4, 0.5) is 0 Å². The SMILES string of the molecule is CC1c2ccncc2-c2ncccc2C[C@H]1c1ccc2oc3ccc4oc5ccc(-n6c7ccncc7c7ncccc76)cc5c4c3c2c1. The van der Waals surface area contributed by atoms with Gasteiger partial charge in [-0.2, -0.15) is 0 Å². The number of fused-ring (bicyclic) bond motifs is 13. The van der Waals surface area contributed by atoms with Crippen LogP contribution in [0.5, 0.6) is 0 Å². The first kappa shape index (κ1) is 26.7. The molecule has 1 aliphatic rings. The monoisotopic (exact) mass is 633 g/mol. The molecule has 7 nitrogen and oxygen atoms in total. The second-order valence-corrected chi connectivity index (χ2v) is 13.1. The molecule has 0 aliphatic heterocycles. The van der Waals surface area contributed by atoms with Crippen molar-refractivity contribution in [1.82, 2.24) is 24.5 Å². The summed E-state index contributed by atoms with van der Waals surface area (Å²) in [5.74, 6) is 0.502. The van der Waals surface area contributed by atoms with Crippen LogP contribution >= 0.6 is 0 Å². The maximum absolute atomic E-state index is 6.52. The van der Waals surface area contributed by atoms with Crippen molar-refractivity contribution < 1.29 is 8.83 Å². The number of hydrogen-bond acceptors (Lipinski definition) is 6. The lowest BCUT2D eigenvalue weighted by Gasteiger charge is -2.23. The molecular formula is C42H27N5O2. The van der Waals surface area contributed by atoms with Gasteiger partial charge in [-0.05, 0) is 108 Å². The number of benzene rings is 3. The normalized spacial score (nSPS) is 16.2. The van der Waals surface area contributed by atoms with Crippen molar-refractivity contribution in [3.8, 4) is 16.9 Å². The average Bonchev–Trinajstić information content (AvgIpc) is 3.79. The van der Waals surface area contributed by atoms with Gasteiger partial charge in [0.05, 0.1) is 22.2 Å². The molecule has 2 atom stereocenters. The minimum absolute atomic E-state index is 0.242. The fraction of sp³-hybridized carbons (Fsp3) is 0.0952. The zero-order valence-corrected chi connectivity index (χ0v) is 26.5. The van der Waals surface area contributed by atoms with E-state index in [0.29, 0.717) is 0 Å². The fourth-order valence-corrected chi connectivity index (χ4v) is 8.35. The van der Waals surface area contributed by atoms with Gasteiger partial charge in [-0.1, -0.05) is 19.1 Å². The van der Waals surface area contributed by atoms with E-state index < -0.39 is 0 Å². The molecule has 0 saturated carbocycles. The lowest BCUT2D eigenvalue weighted by molar-refractivity contribution is 0.579. The van der Waals surface area contributed by atoms with Crippen LogP contribution < -0.4 is 0 Å². The van der Waals surface area contributed by atoms with E-state index in [2.05, 4.69) is 82.1 Å². The van der Waals surface area contributed by atoms with Gasteiger partial charge in [0.2, 0.25) is 0 Å². The summed E-state index contributed by atoms with van der Waals surface area (Å²) in [4.78, 5) is 18.4. The number of pyridine rings is 4. The largest absolute Gasteiger partial charge is 0.456 e. The third-order valence-electron chi connectivity index (χ3n) is 10.6. The fourth-order valence-electron chi connectivity index (χ4n) is 8.35. The predicted octanol–water partition coefficient (Wildman–Crippen LogP) is 10.3. The van der Waals surface area contributed by atoms with Gasteiger partial charge in [0, 0.05) is 75.4 Å². The van der Waals surface area contributed by atoms with E-state index in [1.807, 2.05) is 61.4 Å². The Morgan fingerprint density at radius 1 is 0.653 bits per heavy atom. The van der Waals surface area contributed by atoms with Crippen LogP contribution in [0, 0.1) is 0 Å². The molecule has 0 radical (unpaired) electrons. The first-order valence-corrected chi connectivity index (χ1v) is 16.6. The van der Waals surface area contributed by atoms with Crippen LogP contribution in [-0.2, 0) is 6.42 Å². The van der Waals surface area contributed by atoms with Gasteiger partial charge in [0.15, 0.2) is 0 Å². The highest BCUT2D eigenvalue weighted by molar-refractivity contribution is 6.26. The number of hydrogen-bond donors (Lipinski definition) is 0. The summed E-state index contributed by atoms with van der Waals surface area (Å²) in [5, 5.41) is 5.30. The van der Waals surface area contributed by atoms with Gasteiger partial charge < -0.3 is 13.4 Å². The Hall–Kier alpha value is -6.34. The Labute approximate surface area is 279 Å². The second-order valence-electron chi connectivity index (χ2n) is 13.1. The van der Waals surface area contributed by atoms with Crippen molar-refractivity contribution in [2.45, 2.75) is 25.2 Å². The molecule has 232 valence electrons. The highest BCUT2D eigenvalue weighted by Crippen LogP contribution is 2.46. The molecule has 0 N–H and O–H groups in total. The van der Waals surface area contributed by atoms with Crippen molar-refractivity contribution >= 4 is 65.8 Å². The number of nitrogens with zero attached hydrogens (tertiary/aromatic N) is 5. The standard InChI is InChI=1S/C42H27N5O2/c1-23-27-12-16-43-21-31(27)41-25(4-2-14-45-41)19-28(23)24-6-8-35-29(18-24)39-37(48-35)10-11-38-40(39)30-20-26(7-9-36(30)49-38)47-33-13-17-44-22-32(33)42-34(47)5-3-15-46-42/h2-18,20-23,28H,19H2,1H3/t23?,28-/m1/s1. The zero-order chi connectivity index (χ0) is 32.2. The Morgan fingerprint density at radius 2 is 1.39 bits per heavy atom. The first-order valence-electron chi connectivity index (χ1n) is 16.6. The van der Waals surface area contributed by atoms with E-state index in [0.717, 1.165) is 89.2 Å². The molecule has 7 aromatic heterocycles. The van der Waals surface area contributed by atoms with Gasteiger partial charge >= 0.3 is 0 Å². The minimum atomic E-state index is 0.242. The van der Waals surface area contributed by atoms with Crippen molar-refractivity contribution in [3.05, 3.63) is 139 Å². The third-order valence-corrected chi connectivity index (χ3v) is 10.6. The summed E-state index contributed by atoms with van der Waals surface area (Å²) < 4.78 is 15.3. The smallest absolute Gasteiger partial charge is 0.136 e. The molecule has 1 aliphatic carbocycles. The molecule has 0 saturated heterocycles. The average molecular weight is 634 g/mol. The summed E-state index contributed by atoms with van der Waals surface area (Å²) in [6, 6.07) is 29.8. The molecule has 0 spiro atoms. The number of rotatable bonds is 2. The third kappa shape index (κ3) is 3.72. The van der Waals surface area contributed by atoms with E-state index in [9.17, 15) is 0 Å². The lowest BCUT2D eigenvalue weighted by Crippen LogP contribution is -2.10. The Bertz CT molecular complexity index is 2920. The van der Waals surface area contributed by atoms with E-state index in [-0.39, 0.29) is 11.8 Å². The lowest BCUT2D eigenvalue weighted by atomic mass is 9.80. The molecule has 7 heteroatoms. The zero-order valence-electron chi connectivity index (χ0n) is 26.5.